The second-order valence-corrected chi connectivity index (χ2v) is 9.58. The zero-order chi connectivity index (χ0) is 25.6. The van der Waals surface area contributed by atoms with E-state index in [2.05, 4.69) is 13.0 Å². The average Bonchev–Trinajstić information content (AvgIpc) is 3.53. The molecule has 0 bridgehead atoms. The molecule has 184 valence electrons. The van der Waals surface area contributed by atoms with Crippen molar-refractivity contribution in [1.29, 1.82) is 5.26 Å². The van der Waals surface area contributed by atoms with E-state index in [1.165, 1.54) is 0 Å². The molecule has 1 amide bonds. The van der Waals surface area contributed by atoms with E-state index in [4.69, 9.17) is 15.5 Å². The van der Waals surface area contributed by atoms with E-state index in [9.17, 15) is 10.1 Å². The number of hydrogen-bond donors (Lipinski definition) is 1. The lowest BCUT2D eigenvalue weighted by Crippen LogP contribution is -2.40. The Morgan fingerprint density at radius 3 is 2.58 bits per heavy atom. The van der Waals surface area contributed by atoms with Crippen LogP contribution in [-0.2, 0) is 13.6 Å². The number of fused-ring (bicyclic) bond motifs is 1. The van der Waals surface area contributed by atoms with Crippen LogP contribution in [0.5, 0.6) is 5.75 Å². The lowest BCUT2D eigenvalue weighted by Gasteiger charge is -2.23. The Hall–Kier alpha value is -4.09. The Kier molecular flexibility index (Phi) is 6.02. The molecule has 1 aliphatic rings. The van der Waals surface area contributed by atoms with Crippen LogP contribution in [0.15, 0.2) is 54.6 Å². The molecule has 3 atom stereocenters. The molecule has 8 nitrogen and oxygen atoms in total. The second kappa shape index (κ2) is 9.17. The molecule has 4 aromatic rings. The molecule has 5 rings (SSSR count). The first kappa shape index (κ1) is 23.6. The zero-order valence-electron chi connectivity index (χ0n) is 21.0. The first-order chi connectivity index (χ1) is 17.3. The Morgan fingerprint density at radius 2 is 1.94 bits per heavy atom. The Balaban J connectivity index is 1.60. The summed E-state index contributed by atoms with van der Waals surface area (Å²) < 4.78 is 9.63. The number of aryl methyl sites for hydroxylation is 1. The number of carbonyl (C=O) groups is 1. The number of methoxy groups -OCH3 is 1. The van der Waals surface area contributed by atoms with E-state index in [-0.39, 0.29) is 23.9 Å². The number of imidazole rings is 1. The van der Waals surface area contributed by atoms with Gasteiger partial charge in [-0.3, -0.25) is 4.79 Å². The topological polar surface area (TPSA) is 102 Å². The molecule has 2 aromatic carbocycles. The Bertz CT molecular complexity index is 1480. The maximum Gasteiger partial charge on any atom is 0.254 e. The molecule has 8 heteroatoms. The van der Waals surface area contributed by atoms with E-state index >= 15 is 0 Å². The van der Waals surface area contributed by atoms with E-state index in [1.54, 1.807) is 13.2 Å². The number of hydrogen-bond acceptors (Lipinski definition) is 5. The number of nitrogens with zero attached hydrogens (tertiary/aromatic N) is 5. The van der Waals surface area contributed by atoms with Crippen LogP contribution in [0.2, 0.25) is 0 Å². The predicted molar refractivity (Wildman–Crippen MR) is 139 cm³/mol. The number of nitriles is 1. The van der Waals surface area contributed by atoms with Crippen molar-refractivity contribution in [3.05, 3.63) is 71.4 Å². The van der Waals surface area contributed by atoms with Crippen LogP contribution in [-0.4, -0.2) is 50.7 Å². The van der Waals surface area contributed by atoms with Gasteiger partial charge in [0.05, 0.1) is 18.3 Å². The van der Waals surface area contributed by atoms with Gasteiger partial charge in [0.1, 0.15) is 23.0 Å². The van der Waals surface area contributed by atoms with Crippen molar-refractivity contribution in [3.63, 3.8) is 0 Å². The zero-order valence-corrected chi connectivity index (χ0v) is 21.0. The van der Waals surface area contributed by atoms with Crippen LogP contribution < -0.4 is 10.5 Å². The van der Waals surface area contributed by atoms with Crippen molar-refractivity contribution in [2.45, 2.75) is 32.5 Å². The highest BCUT2D eigenvalue weighted by Crippen LogP contribution is 2.34. The van der Waals surface area contributed by atoms with Gasteiger partial charge in [0.15, 0.2) is 5.82 Å². The first-order valence-corrected chi connectivity index (χ1v) is 12.1. The van der Waals surface area contributed by atoms with E-state index < -0.39 is 0 Å². The van der Waals surface area contributed by atoms with Crippen LogP contribution in [0.4, 0.5) is 0 Å². The summed E-state index contributed by atoms with van der Waals surface area (Å²) in [5, 5.41) is 9.74. The van der Waals surface area contributed by atoms with Crippen LogP contribution in [0.1, 0.15) is 35.5 Å². The van der Waals surface area contributed by atoms with Crippen molar-refractivity contribution in [3.8, 4) is 23.3 Å². The summed E-state index contributed by atoms with van der Waals surface area (Å²) in [6.07, 6.45) is 0. The monoisotopic (exact) mass is 482 g/mol. The van der Waals surface area contributed by atoms with Gasteiger partial charge in [-0.25, -0.2) is 4.98 Å². The van der Waals surface area contributed by atoms with Crippen molar-refractivity contribution < 1.29 is 9.53 Å². The van der Waals surface area contributed by atoms with Gasteiger partial charge in [-0.1, -0.05) is 37.3 Å². The smallest absolute Gasteiger partial charge is 0.254 e. The number of ether oxygens (including phenoxy) is 1. The minimum absolute atomic E-state index is 0.0425. The van der Waals surface area contributed by atoms with Gasteiger partial charge >= 0.3 is 0 Å². The van der Waals surface area contributed by atoms with Gasteiger partial charge in [0, 0.05) is 37.8 Å². The first-order valence-electron chi connectivity index (χ1n) is 12.1. The molecule has 1 fully saturated rings. The molecule has 0 radical (unpaired) electrons. The molecule has 36 heavy (non-hydrogen) atoms. The normalized spacial score (nSPS) is 19.6. The standard InChI is InChI=1S/C28H30N6O2/c1-17-15-33(18(2)25(17)30)28(35)20-12-22-26(24(13-20)36-4)32(3)27(31-22)23-11-10-21(14-29)34(23)16-19-8-6-5-7-9-19/h5-13,17-18,25H,15-16,30H2,1-4H3/t17-,18-,25-/m1/s1. The van der Waals surface area contributed by atoms with E-state index in [0.717, 1.165) is 16.8 Å². The molecule has 3 heterocycles. The number of nitrogens with two attached hydrogens (primary N) is 1. The number of likely N-dealkylation sites (tertiary alicyclic amines) is 1. The molecule has 2 aromatic heterocycles. The fourth-order valence-electron chi connectivity index (χ4n) is 5.23. The highest BCUT2D eigenvalue weighted by Gasteiger charge is 2.37. The number of rotatable bonds is 5. The summed E-state index contributed by atoms with van der Waals surface area (Å²) in [5.41, 5.74) is 10.7. The van der Waals surface area contributed by atoms with E-state index in [1.807, 2.05) is 76.5 Å². The maximum absolute atomic E-state index is 13.5. The van der Waals surface area contributed by atoms with Crippen molar-refractivity contribution in [2.24, 2.45) is 18.7 Å². The molecular formula is C28H30N6O2. The largest absolute Gasteiger partial charge is 0.494 e. The van der Waals surface area contributed by atoms with Gasteiger partial charge in [-0.15, -0.1) is 0 Å². The molecule has 1 saturated heterocycles. The molecule has 0 unspecified atom stereocenters. The fraction of sp³-hybridized carbons (Fsp3) is 0.321. The van der Waals surface area contributed by atoms with Crippen LogP contribution in [0, 0.1) is 17.2 Å². The minimum Gasteiger partial charge on any atom is -0.494 e. The third-order valence-electron chi connectivity index (χ3n) is 7.36. The molecule has 2 N–H and O–H groups in total. The van der Waals surface area contributed by atoms with Crippen molar-refractivity contribution in [1.82, 2.24) is 19.0 Å². The summed E-state index contributed by atoms with van der Waals surface area (Å²) in [4.78, 5) is 20.2. The maximum atomic E-state index is 13.5. The van der Waals surface area contributed by atoms with Gasteiger partial charge < -0.3 is 24.5 Å². The van der Waals surface area contributed by atoms with Gasteiger partial charge in [-0.2, -0.15) is 5.26 Å². The predicted octanol–water partition coefficient (Wildman–Crippen LogP) is 3.78. The van der Waals surface area contributed by atoms with Crippen LogP contribution in [0.3, 0.4) is 0 Å². The highest BCUT2D eigenvalue weighted by molar-refractivity contribution is 6.00. The van der Waals surface area contributed by atoms with Gasteiger partial charge in [0.25, 0.3) is 5.91 Å². The minimum atomic E-state index is -0.0751. The summed E-state index contributed by atoms with van der Waals surface area (Å²) in [6.45, 7) is 5.23. The van der Waals surface area contributed by atoms with Gasteiger partial charge in [0.2, 0.25) is 0 Å². The Labute approximate surface area is 210 Å². The average molecular weight is 483 g/mol. The SMILES string of the molecule is COc1cc(C(=O)N2C[C@@H](C)[C@@H](N)[C@H]2C)cc2nc(-c3ccc(C#N)n3Cc3ccccc3)n(C)c12. The highest BCUT2D eigenvalue weighted by atomic mass is 16.5. The summed E-state index contributed by atoms with van der Waals surface area (Å²) in [5.74, 6) is 1.43. The second-order valence-electron chi connectivity index (χ2n) is 9.58. The quantitative estimate of drug-likeness (QED) is 0.466. The van der Waals surface area contributed by atoms with Gasteiger partial charge in [-0.05, 0) is 42.7 Å². The molecule has 0 aliphatic carbocycles. The molecule has 1 aliphatic heterocycles. The third-order valence-corrected chi connectivity index (χ3v) is 7.36. The number of amides is 1. The summed E-state index contributed by atoms with van der Waals surface area (Å²) in [6, 6.07) is 19.5. The third kappa shape index (κ3) is 3.82. The van der Waals surface area contributed by atoms with Crippen LogP contribution in [0.25, 0.3) is 22.6 Å². The molecule has 0 saturated carbocycles. The van der Waals surface area contributed by atoms with Crippen molar-refractivity contribution >= 4 is 16.9 Å². The fourth-order valence-corrected chi connectivity index (χ4v) is 5.23. The lowest BCUT2D eigenvalue weighted by atomic mass is 10.0. The van der Waals surface area contributed by atoms with E-state index in [0.29, 0.717) is 41.4 Å². The number of benzene rings is 2. The van der Waals surface area contributed by atoms with Crippen LogP contribution >= 0.6 is 0 Å². The number of carbonyl (C=O) groups excluding carboxylic acids is 1. The molecular weight excluding hydrogens is 452 g/mol. The summed E-state index contributed by atoms with van der Waals surface area (Å²) in [7, 11) is 3.52. The van der Waals surface area contributed by atoms with Crippen molar-refractivity contribution in [2.75, 3.05) is 13.7 Å². The molecule has 0 spiro atoms. The Morgan fingerprint density at radius 1 is 1.19 bits per heavy atom. The summed E-state index contributed by atoms with van der Waals surface area (Å²) >= 11 is 0. The lowest BCUT2D eigenvalue weighted by molar-refractivity contribution is 0.0739. The number of aromatic nitrogens is 3.